The third kappa shape index (κ3) is 4.50. The summed E-state index contributed by atoms with van der Waals surface area (Å²) in [5.74, 6) is 0.613. The lowest BCUT2D eigenvalue weighted by Gasteiger charge is -2.21. The van der Waals surface area contributed by atoms with Crippen molar-refractivity contribution in [2.75, 3.05) is 12.9 Å². The van der Waals surface area contributed by atoms with Crippen molar-refractivity contribution in [3.8, 4) is 5.75 Å². The highest BCUT2D eigenvalue weighted by Gasteiger charge is 2.17. The molecule has 0 aliphatic rings. The Labute approximate surface area is 114 Å². The standard InChI is InChI=1S/C13H19ClO3S/c1-13(2,3)11-5-6-12(17-4)10(9-11)7-8-18(14,15)16/h5-6,9H,7-8H2,1-4H3. The molecule has 1 rings (SSSR count). The van der Waals surface area contributed by atoms with E-state index in [1.54, 1.807) is 7.11 Å². The SMILES string of the molecule is COc1ccc(C(C)(C)C)cc1CCS(=O)(=O)Cl. The molecule has 102 valence electrons. The van der Waals surface area contributed by atoms with Crippen molar-refractivity contribution in [3.05, 3.63) is 29.3 Å². The molecule has 1 aromatic carbocycles. The molecule has 3 nitrogen and oxygen atoms in total. The fraction of sp³-hybridized carbons (Fsp3) is 0.538. The lowest BCUT2D eigenvalue weighted by Crippen LogP contribution is -2.12. The van der Waals surface area contributed by atoms with E-state index in [4.69, 9.17) is 15.4 Å². The van der Waals surface area contributed by atoms with Crippen LogP contribution in [0.5, 0.6) is 5.75 Å². The number of rotatable bonds is 4. The summed E-state index contributed by atoms with van der Waals surface area (Å²) in [5, 5.41) is 0. The molecular weight excluding hydrogens is 272 g/mol. The molecule has 0 unspecified atom stereocenters. The first kappa shape index (κ1) is 15.3. The fourth-order valence-corrected chi connectivity index (χ4v) is 2.37. The van der Waals surface area contributed by atoms with Crippen LogP contribution in [0.25, 0.3) is 0 Å². The topological polar surface area (TPSA) is 43.4 Å². The molecule has 0 spiro atoms. The summed E-state index contributed by atoms with van der Waals surface area (Å²) >= 11 is 0. The molecule has 0 saturated heterocycles. The Kier molecular flexibility index (Phi) is 4.67. The lowest BCUT2D eigenvalue weighted by molar-refractivity contribution is 0.409. The predicted molar refractivity (Wildman–Crippen MR) is 75.0 cm³/mol. The monoisotopic (exact) mass is 290 g/mol. The number of hydrogen-bond donors (Lipinski definition) is 0. The third-order valence-corrected chi connectivity index (χ3v) is 3.92. The van der Waals surface area contributed by atoms with Crippen LogP contribution in [0.15, 0.2) is 18.2 Å². The van der Waals surface area contributed by atoms with Crippen LogP contribution in [0.3, 0.4) is 0 Å². The smallest absolute Gasteiger partial charge is 0.232 e. The second-order valence-electron chi connectivity index (χ2n) is 5.27. The van der Waals surface area contributed by atoms with Crippen LogP contribution in [0, 0.1) is 0 Å². The Morgan fingerprint density at radius 1 is 1.28 bits per heavy atom. The van der Waals surface area contributed by atoms with E-state index in [0.29, 0.717) is 12.2 Å². The Hall–Kier alpha value is -0.740. The van der Waals surface area contributed by atoms with E-state index in [-0.39, 0.29) is 11.2 Å². The summed E-state index contributed by atoms with van der Waals surface area (Å²) in [6.45, 7) is 6.32. The van der Waals surface area contributed by atoms with E-state index < -0.39 is 9.05 Å². The van der Waals surface area contributed by atoms with Crippen molar-refractivity contribution >= 4 is 19.7 Å². The van der Waals surface area contributed by atoms with E-state index in [0.717, 1.165) is 11.1 Å². The summed E-state index contributed by atoms with van der Waals surface area (Å²) in [5.41, 5.74) is 2.03. The van der Waals surface area contributed by atoms with Gasteiger partial charge in [0.2, 0.25) is 9.05 Å². The van der Waals surface area contributed by atoms with Crippen LogP contribution in [0.1, 0.15) is 31.9 Å². The Balaban J connectivity index is 3.07. The Morgan fingerprint density at radius 2 is 1.89 bits per heavy atom. The molecule has 1 aromatic rings. The zero-order valence-corrected chi connectivity index (χ0v) is 12.7. The predicted octanol–water partition coefficient (Wildman–Crippen LogP) is 3.10. The normalized spacial score (nSPS) is 12.5. The first-order valence-electron chi connectivity index (χ1n) is 5.73. The van der Waals surface area contributed by atoms with E-state index in [9.17, 15) is 8.42 Å². The summed E-state index contributed by atoms with van der Waals surface area (Å²) in [6, 6.07) is 5.86. The van der Waals surface area contributed by atoms with Gasteiger partial charge in [-0.05, 0) is 29.0 Å². The molecule has 0 aromatic heterocycles. The number of methoxy groups -OCH3 is 1. The van der Waals surface area contributed by atoms with Crippen LogP contribution >= 0.6 is 10.7 Å². The minimum Gasteiger partial charge on any atom is -0.496 e. The second kappa shape index (κ2) is 5.49. The van der Waals surface area contributed by atoms with Crippen LogP contribution in [-0.4, -0.2) is 21.3 Å². The quantitative estimate of drug-likeness (QED) is 0.800. The van der Waals surface area contributed by atoms with Gasteiger partial charge in [-0.1, -0.05) is 32.9 Å². The molecule has 0 aliphatic heterocycles. The number of ether oxygens (including phenoxy) is 1. The molecule has 0 heterocycles. The number of benzene rings is 1. The highest BCUT2D eigenvalue weighted by molar-refractivity contribution is 8.13. The van der Waals surface area contributed by atoms with E-state index in [1.807, 2.05) is 18.2 Å². The van der Waals surface area contributed by atoms with Gasteiger partial charge in [-0.2, -0.15) is 0 Å². The maximum atomic E-state index is 11.0. The number of halogens is 1. The van der Waals surface area contributed by atoms with Crippen molar-refractivity contribution in [1.29, 1.82) is 0 Å². The van der Waals surface area contributed by atoms with Gasteiger partial charge in [0, 0.05) is 10.7 Å². The van der Waals surface area contributed by atoms with Crippen LogP contribution < -0.4 is 4.74 Å². The molecular formula is C13H19ClO3S. The van der Waals surface area contributed by atoms with Gasteiger partial charge in [0.1, 0.15) is 5.75 Å². The Morgan fingerprint density at radius 3 is 2.33 bits per heavy atom. The van der Waals surface area contributed by atoms with Crippen molar-refractivity contribution in [1.82, 2.24) is 0 Å². The lowest BCUT2D eigenvalue weighted by atomic mass is 9.86. The fourth-order valence-electron chi connectivity index (χ4n) is 1.67. The maximum Gasteiger partial charge on any atom is 0.232 e. The highest BCUT2D eigenvalue weighted by atomic mass is 35.7. The van der Waals surface area contributed by atoms with Gasteiger partial charge in [-0.25, -0.2) is 8.42 Å². The van der Waals surface area contributed by atoms with E-state index >= 15 is 0 Å². The average molecular weight is 291 g/mol. The zero-order valence-electron chi connectivity index (χ0n) is 11.2. The average Bonchev–Trinajstić information content (AvgIpc) is 2.23. The molecule has 0 saturated carbocycles. The number of hydrogen-bond acceptors (Lipinski definition) is 3. The summed E-state index contributed by atoms with van der Waals surface area (Å²) in [6.07, 6.45) is 0.360. The first-order valence-corrected chi connectivity index (χ1v) is 8.21. The van der Waals surface area contributed by atoms with Crippen molar-refractivity contribution in [2.45, 2.75) is 32.6 Å². The van der Waals surface area contributed by atoms with Crippen LogP contribution in [0.4, 0.5) is 0 Å². The van der Waals surface area contributed by atoms with E-state index in [2.05, 4.69) is 20.8 Å². The number of aryl methyl sites for hydroxylation is 1. The minimum atomic E-state index is -3.48. The molecule has 0 N–H and O–H groups in total. The Bertz CT molecular complexity index is 516. The zero-order chi connectivity index (χ0) is 14.0. The summed E-state index contributed by atoms with van der Waals surface area (Å²) in [4.78, 5) is 0. The molecule has 18 heavy (non-hydrogen) atoms. The maximum absolute atomic E-state index is 11.0. The minimum absolute atomic E-state index is 0.0147. The second-order valence-corrected chi connectivity index (χ2v) is 8.17. The van der Waals surface area contributed by atoms with Gasteiger partial charge in [0.05, 0.1) is 12.9 Å². The van der Waals surface area contributed by atoms with Gasteiger partial charge < -0.3 is 4.74 Å². The van der Waals surface area contributed by atoms with Crippen LogP contribution in [-0.2, 0) is 20.9 Å². The van der Waals surface area contributed by atoms with Crippen LogP contribution in [0.2, 0.25) is 0 Å². The van der Waals surface area contributed by atoms with Crippen molar-refractivity contribution in [3.63, 3.8) is 0 Å². The third-order valence-electron chi connectivity index (χ3n) is 2.76. The van der Waals surface area contributed by atoms with Gasteiger partial charge in [0.25, 0.3) is 0 Å². The van der Waals surface area contributed by atoms with Crippen molar-refractivity contribution < 1.29 is 13.2 Å². The first-order chi connectivity index (χ1) is 8.13. The van der Waals surface area contributed by atoms with Crippen molar-refractivity contribution in [2.24, 2.45) is 0 Å². The van der Waals surface area contributed by atoms with Gasteiger partial charge in [0.15, 0.2) is 0 Å². The highest BCUT2D eigenvalue weighted by Crippen LogP contribution is 2.28. The molecule has 5 heteroatoms. The van der Waals surface area contributed by atoms with Gasteiger partial charge >= 0.3 is 0 Å². The molecule has 0 amide bonds. The summed E-state index contributed by atoms with van der Waals surface area (Å²) < 4.78 is 27.3. The molecule has 0 aliphatic carbocycles. The van der Waals surface area contributed by atoms with Gasteiger partial charge in [-0.3, -0.25) is 0 Å². The van der Waals surface area contributed by atoms with Gasteiger partial charge in [-0.15, -0.1) is 0 Å². The molecule has 0 radical (unpaired) electrons. The summed E-state index contributed by atoms with van der Waals surface area (Å²) in [7, 11) is 3.33. The van der Waals surface area contributed by atoms with E-state index in [1.165, 1.54) is 0 Å². The largest absolute Gasteiger partial charge is 0.496 e. The molecule has 0 bridgehead atoms. The molecule has 0 fully saturated rings. The molecule has 0 atom stereocenters.